The van der Waals surface area contributed by atoms with Gasteiger partial charge in [-0.05, 0) is 48.6 Å². The third-order valence-electron chi connectivity index (χ3n) is 4.30. The van der Waals surface area contributed by atoms with Crippen LogP contribution in [-0.2, 0) is 12.8 Å². The fourth-order valence-corrected chi connectivity index (χ4v) is 3.29. The van der Waals surface area contributed by atoms with Crippen molar-refractivity contribution in [3.8, 4) is 0 Å². The van der Waals surface area contributed by atoms with Gasteiger partial charge in [0.25, 0.3) is 0 Å². The van der Waals surface area contributed by atoms with Crippen molar-refractivity contribution >= 4 is 11.7 Å². The van der Waals surface area contributed by atoms with E-state index in [4.69, 9.17) is 10.7 Å². The zero-order chi connectivity index (χ0) is 12.9. The fraction of sp³-hybridized carbons (Fsp3) is 0.571. The van der Waals surface area contributed by atoms with E-state index in [1.165, 1.54) is 22.5 Å². The van der Waals surface area contributed by atoms with Crippen molar-refractivity contribution in [2.75, 3.05) is 5.32 Å². The van der Waals surface area contributed by atoms with Crippen LogP contribution in [0.3, 0.4) is 0 Å². The molecule has 96 valence electrons. The summed E-state index contributed by atoms with van der Waals surface area (Å²) in [5.74, 6) is 0.984. The van der Waals surface area contributed by atoms with Crippen LogP contribution in [0.1, 0.15) is 61.0 Å². The highest BCUT2D eigenvalue weighted by Crippen LogP contribution is 2.44. The van der Waals surface area contributed by atoms with Crippen LogP contribution in [0.25, 0.3) is 0 Å². The Kier molecular flexibility index (Phi) is 2.54. The summed E-state index contributed by atoms with van der Waals surface area (Å²) in [6.45, 7) is 4.41. The Bertz CT molecular complexity index is 488. The van der Waals surface area contributed by atoms with Crippen LogP contribution >= 0.6 is 0 Å². The minimum Gasteiger partial charge on any atom is -0.351 e. The summed E-state index contributed by atoms with van der Waals surface area (Å²) in [5, 5.41) is 2.85. The number of nitrogens with two attached hydrogens (primary N) is 1. The van der Waals surface area contributed by atoms with Gasteiger partial charge in [-0.15, -0.1) is 0 Å². The first kappa shape index (κ1) is 11.5. The summed E-state index contributed by atoms with van der Waals surface area (Å²) in [6, 6.07) is -0.468. The van der Waals surface area contributed by atoms with Gasteiger partial charge >= 0.3 is 6.03 Å². The van der Waals surface area contributed by atoms with Crippen LogP contribution < -0.4 is 11.1 Å². The fourth-order valence-electron chi connectivity index (χ4n) is 3.29. The number of amides is 2. The number of pyridine rings is 1. The molecule has 1 heterocycles. The Labute approximate surface area is 107 Å². The maximum Gasteiger partial charge on any atom is 0.316 e. The predicted molar refractivity (Wildman–Crippen MR) is 70.9 cm³/mol. The number of urea groups is 1. The maximum atomic E-state index is 11.2. The molecule has 2 unspecified atom stereocenters. The van der Waals surface area contributed by atoms with Crippen molar-refractivity contribution in [3.63, 3.8) is 0 Å². The SMILES string of the molecule is CC1CCc2c1nc1c(c2NC(N)=O)CCC1C. The Morgan fingerprint density at radius 2 is 1.67 bits per heavy atom. The molecule has 4 heteroatoms. The molecule has 0 aromatic carbocycles. The molecule has 3 N–H and O–H groups in total. The number of carbonyl (C=O) groups is 1. The number of primary amides is 1. The normalized spacial score (nSPS) is 24.8. The lowest BCUT2D eigenvalue weighted by atomic mass is 10.0. The highest BCUT2D eigenvalue weighted by Gasteiger charge is 2.31. The molecule has 2 aliphatic carbocycles. The quantitative estimate of drug-likeness (QED) is 0.798. The molecule has 0 saturated carbocycles. The van der Waals surface area contributed by atoms with Crippen molar-refractivity contribution in [1.29, 1.82) is 0 Å². The molecule has 0 radical (unpaired) electrons. The minimum atomic E-state index is -0.468. The first-order valence-corrected chi connectivity index (χ1v) is 6.70. The predicted octanol–water partition coefficient (Wildman–Crippen LogP) is 2.67. The lowest BCUT2D eigenvalue weighted by molar-refractivity contribution is 0.259. The summed E-state index contributed by atoms with van der Waals surface area (Å²) < 4.78 is 0. The minimum absolute atomic E-state index is 0.468. The van der Waals surface area contributed by atoms with Gasteiger partial charge in [0.05, 0.1) is 5.69 Å². The van der Waals surface area contributed by atoms with Crippen LogP contribution in [0, 0.1) is 0 Å². The van der Waals surface area contributed by atoms with E-state index in [0.717, 1.165) is 31.4 Å². The molecule has 2 atom stereocenters. The second kappa shape index (κ2) is 3.97. The number of aromatic nitrogens is 1. The van der Waals surface area contributed by atoms with Gasteiger partial charge in [-0.2, -0.15) is 0 Å². The summed E-state index contributed by atoms with van der Waals surface area (Å²) in [7, 11) is 0. The first-order valence-electron chi connectivity index (χ1n) is 6.70. The zero-order valence-corrected chi connectivity index (χ0v) is 10.9. The van der Waals surface area contributed by atoms with Crippen LogP contribution in [0.5, 0.6) is 0 Å². The van der Waals surface area contributed by atoms with E-state index in [1.807, 2.05) is 0 Å². The average molecular weight is 245 g/mol. The highest BCUT2D eigenvalue weighted by molar-refractivity contribution is 5.90. The molecular formula is C14H19N3O. The molecule has 2 amide bonds. The van der Waals surface area contributed by atoms with E-state index in [-0.39, 0.29) is 0 Å². The van der Waals surface area contributed by atoms with Crippen molar-refractivity contribution in [1.82, 2.24) is 4.98 Å². The summed E-state index contributed by atoms with van der Waals surface area (Å²) in [6.07, 6.45) is 4.24. The van der Waals surface area contributed by atoms with Gasteiger partial charge in [0, 0.05) is 11.4 Å². The Balaban J connectivity index is 2.19. The number of fused-ring (bicyclic) bond motifs is 2. The summed E-state index contributed by atoms with van der Waals surface area (Å²) >= 11 is 0. The van der Waals surface area contributed by atoms with E-state index in [9.17, 15) is 4.79 Å². The van der Waals surface area contributed by atoms with Gasteiger partial charge in [0.1, 0.15) is 0 Å². The standard InChI is InChI=1S/C14H19N3O/c1-7-3-5-9-11(7)16-12-8(2)4-6-10(12)13(9)17-14(15)18/h7-8H,3-6H2,1-2H3,(H3,15,16,17,18). The van der Waals surface area contributed by atoms with Crippen molar-refractivity contribution in [3.05, 3.63) is 22.5 Å². The smallest absolute Gasteiger partial charge is 0.316 e. The number of nitrogens with one attached hydrogen (secondary N) is 1. The molecule has 1 aromatic rings. The molecule has 0 fully saturated rings. The van der Waals surface area contributed by atoms with Crippen molar-refractivity contribution in [2.24, 2.45) is 5.73 Å². The van der Waals surface area contributed by atoms with E-state index in [1.54, 1.807) is 0 Å². The van der Waals surface area contributed by atoms with Crippen LogP contribution in [0.4, 0.5) is 10.5 Å². The summed E-state index contributed by atoms with van der Waals surface area (Å²) in [5.41, 5.74) is 11.1. The van der Waals surface area contributed by atoms with E-state index < -0.39 is 6.03 Å². The van der Waals surface area contributed by atoms with Gasteiger partial charge in [0.15, 0.2) is 0 Å². The van der Waals surface area contributed by atoms with Crippen molar-refractivity contribution < 1.29 is 4.79 Å². The number of nitrogens with zero attached hydrogens (tertiary/aromatic N) is 1. The van der Waals surface area contributed by atoms with Gasteiger partial charge in [0.2, 0.25) is 0 Å². The number of anilines is 1. The second-order valence-electron chi connectivity index (χ2n) is 5.58. The largest absolute Gasteiger partial charge is 0.351 e. The van der Waals surface area contributed by atoms with Crippen LogP contribution in [-0.4, -0.2) is 11.0 Å². The highest BCUT2D eigenvalue weighted by atomic mass is 16.2. The second-order valence-corrected chi connectivity index (χ2v) is 5.58. The molecular weight excluding hydrogens is 226 g/mol. The monoisotopic (exact) mass is 245 g/mol. The Morgan fingerprint density at radius 1 is 1.17 bits per heavy atom. The molecule has 18 heavy (non-hydrogen) atoms. The molecule has 2 aliphatic rings. The number of hydrogen-bond acceptors (Lipinski definition) is 2. The van der Waals surface area contributed by atoms with E-state index in [2.05, 4.69) is 19.2 Å². The third-order valence-corrected chi connectivity index (χ3v) is 4.30. The molecule has 0 spiro atoms. The van der Waals surface area contributed by atoms with Gasteiger partial charge in [-0.1, -0.05) is 13.8 Å². The van der Waals surface area contributed by atoms with Crippen LogP contribution in [0.15, 0.2) is 0 Å². The lowest BCUT2D eigenvalue weighted by Crippen LogP contribution is -2.22. The first-order chi connectivity index (χ1) is 8.58. The topological polar surface area (TPSA) is 68.0 Å². The van der Waals surface area contributed by atoms with Crippen LogP contribution in [0.2, 0.25) is 0 Å². The van der Waals surface area contributed by atoms with Crippen molar-refractivity contribution in [2.45, 2.75) is 51.4 Å². The molecule has 4 nitrogen and oxygen atoms in total. The van der Waals surface area contributed by atoms with E-state index >= 15 is 0 Å². The Morgan fingerprint density at radius 3 is 2.11 bits per heavy atom. The molecule has 1 aromatic heterocycles. The van der Waals surface area contributed by atoms with Gasteiger partial charge in [-0.3, -0.25) is 4.98 Å². The van der Waals surface area contributed by atoms with E-state index in [0.29, 0.717) is 11.8 Å². The van der Waals surface area contributed by atoms with Gasteiger partial charge < -0.3 is 11.1 Å². The third kappa shape index (κ3) is 1.59. The molecule has 0 bridgehead atoms. The number of hydrogen-bond donors (Lipinski definition) is 2. The Hall–Kier alpha value is -1.58. The number of carbonyl (C=O) groups excluding carboxylic acids is 1. The number of rotatable bonds is 1. The van der Waals surface area contributed by atoms with Gasteiger partial charge in [-0.25, -0.2) is 4.79 Å². The molecule has 0 saturated heterocycles. The maximum absolute atomic E-state index is 11.2. The lowest BCUT2D eigenvalue weighted by Gasteiger charge is -2.16. The molecule has 0 aliphatic heterocycles. The summed E-state index contributed by atoms with van der Waals surface area (Å²) in [4.78, 5) is 16.1. The zero-order valence-electron chi connectivity index (χ0n) is 10.9. The molecule has 3 rings (SSSR count). The average Bonchev–Trinajstić information content (AvgIpc) is 2.85.